The number of ether oxygens (including phenoxy) is 1. The van der Waals surface area contributed by atoms with Gasteiger partial charge in [-0.3, -0.25) is 0 Å². The predicted octanol–water partition coefficient (Wildman–Crippen LogP) is -0.500. The fourth-order valence-corrected chi connectivity index (χ4v) is 1.83. The van der Waals surface area contributed by atoms with Gasteiger partial charge in [-0.1, -0.05) is 0 Å². The summed E-state index contributed by atoms with van der Waals surface area (Å²) in [5.74, 6) is 0. The van der Waals surface area contributed by atoms with E-state index in [9.17, 15) is 4.79 Å². The Morgan fingerprint density at radius 2 is 2.25 bits per heavy atom. The maximum atomic E-state index is 10.4. The second-order valence-corrected chi connectivity index (χ2v) is 3.49. The van der Waals surface area contributed by atoms with E-state index in [2.05, 4.69) is 0 Å². The second kappa shape index (κ2) is 2.34. The molecule has 5 heteroatoms. The number of hydrogen-bond donors (Lipinski definition) is 2. The summed E-state index contributed by atoms with van der Waals surface area (Å²) in [6.45, 7) is 1.15. The maximum Gasteiger partial charge on any atom is 0.407 e. The molecule has 2 aliphatic heterocycles. The van der Waals surface area contributed by atoms with Crippen molar-refractivity contribution in [2.75, 3.05) is 19.7 Å². The highest BCUT2D eigenvalue weighted by molar-refractivity contribution is 5.66. The molecule has 2 aliphatic rings. The van der Waals surface area contributed by atoms with Gasteiger partial charge >= 0.3 is 6.09 Å². The van der Waals surface area contributed by atoms with Crippen LogP contribution in [0.3, 0.4) is 0 Å². The van der Waals surface area contributed by atoms with E-state index in [1.54, 1.807) is 0 Å². The first-order valence-electron chi connectivity index (χ1n) is 3.91. The molecule has 0 bridgehead atoms. The molecule has 1 atom stereocenters. The first kappa shape index (κ1) is 7.82. The zero-order valence-corrected chi connectivity index (χ0v) is 6.56. The maximum absolute atomic E-state index is 10.4. The molecule has 1 unspecified atom stereocenters. The molecule has 5 nitrogen and oxygen atoms in total. The number of carbonyl (C=O) groups is 1. The van der Waals surface area contributed by atoms with Gasteiger partial charge in [-0.25, -0.2) is 4.79 Å². The molecule has 2 saturated heterocycles. The van der Waals surface area contributed by atoms with E-state index in [0.717, 1.165) is 0 Å². The molecule has 0 saturated carbocycles. The van der Waals surface area contributed by atoms with Crippen LogP contribution >= 0.6 is 0 Å². The van der Waals surface area contributed by atoms with Crippen molar-refractivity contribution in [3.05, 3.63) is 0 Å². The first-order chi connectivity index (χ1) is 5.61. The molecule has 1 amide bonds. The van der Waals surface area contributed by atoms with Gasteiger partial charge in [-0.15, -0.1) is 0 Å². The van der Waals surface area contributed by atoms with E-state index in [0.29, 0.717) is 26.1 Å². The lowest BCUT2D eigenvalue weighted by Gasteiger charge is -2.45. The molecule has 0 radical (unpaired) electrons. The fraction of sp³-hybridized carbons (Fsp3) is 0.857. The third-order valence-corrected chi connectivity index (χ3v) is 2.42. The standard InChI is InChI=1S/C7H11NO4/c9-5-1-7(12-2-5)3-8(4-7)6(10)11/h5,9H,1-4H2,(H,10,11). The quantitative estimate of drug-likeness (QED) is 0.518. The summed E-state index contributed by atoms with van der Waals surface area (Å²) in [5, 5.41) is 17.7. The third-order valence-electron chi connectivity index (χ3n) is 2.42. The second-order valence-electron chi connectivity index (χ2n) is 3.49. The van der Waals surface area contributed by atoms with Crippen LogP contribution in [-0.4, -0.2) is 52.6 Å². The fourth-order valence-electron chi connectivity index (χ4n) is 1.83. The van der Waals surface area contributed by atoms with Gasteiger partial charge in [-0.2, -0.15) is 0 Å². The smallest absolute Gasteiger partial charge is 0.407 e. The molecule has 68 valence electrons. The molecule has 2 rings (SSSR count). The van der Waals surface area contributed by atoms with E-state index in [1.165, 1.54) is 4.90 Å². The molecule has 2 heterocycles. The van der Waals surface area contributed by atoms with Crippen molar-refractivity contribution in [1.29, 1.82) is 0 Å². The van der Waals surface area contributed by atoms with Crippen molar-refractivity contribution >= 4 is 6.09 Å². The van der Waals surface area contributed by atoms with Crippen LogP contribution in [0.15, 0.2) is 0 Å². The predicted molar refractivity (Wildman–Crippen MR) is 38.9 cm³/mol. The molecular formula is C7H11NO4. The van der Waals surface area contributed by atoms with Crippen molar-refractivity contribution in [3.63, 3.8) is 0 Å². The van der Waals surface area contributed by atoms with E-state index >= 15 is 0 Å². The monoisotopic (exact) mass is 173 g/mol. The average molecular weight is 173 g/mol. The molecule has 0 aliphatic carbocycles. The number of amides is 1. The Balaban J connectivity index is 1.91. The first-order valence-corrected chi connectivity index (χ1v) is 3.91. The number of aliphatic hydroxyl groups excluding tert-OH is 1. The minimum atomic E-state index is -0.911. The van der Waals surface area contributed by atoms with Crippen LogP contribution in [0, 0.1) is 0 Å². The summed E-state index contributed by atoms with van der Waals surface area (Å²) in [5.41, 5.74) is -0.363. The van der Waals surface area contributed by atoms with Gasteiger partial charge in [0.2, 0.25) is 0 Å². The van der Waals surface area contributed by atoms with Crippen molar-refractivity contribution in [1.82, 2.24) is 4.90 Å². The van der Waals surface area contributed by atoms with Crippen molar-refractivity contribution < 1.29 is 19.7 Å². The van der Waals surface area contributed by atoms with Crippen LogP contribution in [0.1, 0.15) is 6.42 Å². The van der Waals surface area contributed by atoms with Gasteiger partial charge in [0.15, 0.2) is 0 Å². The van der Waals surface area contributed by atoms with Crippen LogP contribution in [-0.2, 0) is 4.74 Å². The molecule has 0 aromatic heterocycles. The van der Waals surface area contributed by atoms with E-state index in [1.807, 2.05) is 0 Å². The Morgan fingerprint density at radius 1 is 1.58 bits per heavy atom. The highest BCUT2D eigenvalue weighted by Crippen LogP contribution is 2.34. The highest BCUT2D eigenvalue weighted by Gasteiger charge is 2.51. The number of likely N-dealkylation sites (tertiary alicyclic amines) is 1. The van der Waals surface area contributed by atoms with Crippen LogP contribution in [0.2, 0.25) is 0 Å². The summed E-state index contributed by atoms with van der Waals surface area (Å²) < 4.78 is 5.31. The summed E-state index contributed by atoms with van der Waals surface area (Å²) in [7, 11) is 0. The minimum absolute atomic E-state index is 0.341. The van der Waals surface area contributed by atoms with Crippen molar-refractivity contribution in [2.45, 2.75) is 18.1 Å². The molecule has 0 aromatic rings. The number of aliphatic hydroxyl groups is 1. The molecule has 0 aromatic carbocycles. The molecular weight excluding hydrogens is 162 g/mol. The van der Waals surface area contributed by atoms with E-state index in [-0.39, 0.29) is 5.60 Å². The van der Waals surface area contributed by atoms with Crippen LogP contribution < -0.4 is 0 Å². The Labute approximate surface area is 69.5 Å². The zero-order valence-electron chi connectivity index (χ0n) is 6.56. The van der Waals surface area contributed by atoms with Crippen LogP contribution in [0.5, 0.6) is 0 Å². The molecule has 2 fully saturated rings. The third kappa shape index (κ3) is 1.05. The SMILES string of the molecule is O=C(O)N1CC2(CC(O)CO2)C1. The van der Waals surface area contributed by atoms with Crippen molar-refractivity contribution in [3.8, 4) is 0 Å². The van der Waals surface area contributed by atoms with Gasteiger partial charge in [0.25, 0.3) is 0 Å². The number of carboxylic acid groups (broad SMARTS) is 1. The summed E-state index contributed by atoms with van der Waals surface area (Å²) in [6, 6.07) is 0. The number of nitrogens with zero attached hydrogens (tertiary/aromatic N) is 1. The van der Waals surface area contributed by atoms with Gasteiger partial charge in [-0.05, 0) is 0 Å². The van der Waals surface area contributed by atoms with Gasteiger partial charge in [0.1, 0.15) is 5.60 Å². The Kier molecular flexibility index (Phi) is 1.52. The summed E-state index contributed by atoms with van der Waals surface area (Å²) >= 11 is 0. The average Bonchev–Trinajstić information content (AvgIpc) is 2.27. The summed E-state index contributed by atoms with van der Waals surface area (Å²) in [4.78, 5) is 11.7. The van der Waals surface area contributed by atoms with Gasteiger partial charge in [0, 0.05) is 6.42 Å². The number of rotatable bonds is 0. The largest absolute Gasteiger partial charge is 0.465 e. The van der Waals surface area contributed by atoms with Crippen LogP contribution in [0.4, 0.5) is 4.79 Å². The van der Waals surface area contributed by atoms with Gasteiger partial charge in [0.05, 0.1) is 25.8 Å². The molecule has 1 spiro atoms. The topological polar surface area (TPSA) is 70.0 Å². The Bertz CT molecular complexity index is 211. The van der Waals surface area contributed by atoms with E-state index in [4.69, 9.17) is 14.9 Å². The number of hydrogen-bond acceptors (Lipinski definition) is 3. The minimum Gasteiger partial charge on any atom is -0.465 e. The zero-order chi connectivity index (χ0) is 8.77. The Hall–Kier alpha value is -0.810. The molecule has 12 heavy (non-hydrogen) atoms. The van der Waals surface area contributed by atoms with E-state index < -0.39 is 12.2 Å². The molecule has 2 N–H and O–H groups in total. The van der Waals surface area contributed by atoms with Crippen molar-refractivity contribution in [2.24, 2.45) is 0 Å². The normalized spacial score (nSPS) is 32.1. The summed E-state index contributed by atoms with van der Waals surface area (Å²) in [6.07, 6.45) is -0.761. The lowest BCUT2D eigenvalue weighted by atomic mass is 9.91. The lowest BCUT2D eigenvalue weighted by molar-refractivity contribution is -0.0982. The highest BCUT2D eigenvalue weighted by atomic mass is 16.5. The lowest BCUT2D eigenvalue weighted by Crippen LogP contribution is -2.63. The van der Waals surface area contributed by atoms with Gasteiger partial charge < -0.3 is 19.8 Å². The Morgan fingerprint density at radius 3 is 2.67 bits per heavy atom. The van der Waals surface area contributed by atoms with Crippen LogP contribution in [0.25, 0.3) is 0 Å².